The lowest BCUT2D eigenvalue weighted by Crippen LogP contribution is -2.37. The molecule has 2 aliphatic heterocycles. The van der Waals surface area contributed by atoms with Crippen molar-refractivity contribution in [3.63, 3.8) is 0 Å². The first-order valence-corrected chi connectivity index (χ1v) is 10.7. The van der Waals surface area contributed by atoms with Crippen LogP contribution in [0.25, 0.3) is 0 Å². The second kappa shape index (κ2) is 9.13. The molecule has 2 saturated heterocycles. The third-order valence-electron chi connectivity index (χ3n) is 6.37. The highest BCUT2D eigenvalue weighted by Gasteiger charge is 2.47. The van der Waals surface area contributed by atoms with Crippen molar-refractivity contribution in [2.45, 2.75) is 51.9 Å². The SMILES string of the molecule is CCCC1C(OC)=CC2(C=C1OC)CCN(CCCN1CCCCC1)C2=O. The van der Waals surface area contributed by atoms with Crippen LogP contribution in [-0.2, 0) is 14.3 Å². The minimum absolute atomic E-state index is 0.136. The van der Waals surface area contributed by atoms with Crippen LogP contribution in [0.2, 0.25) is 0 Å². The monoisotopic (exact) mass is 376 g/mol. The number of ether oxygens (including phenoxy) is 2. The van der Waals surface area contributed by atoms with Gasteiger partial charge < -0.3 is 19.3 Å². The number of carbonyl (C=O) groups is 1. The Bertz CT molecular complexity index is 556. The Hall–Kier alpha value is -1.49. The van der Waals surface area contributed by atoms with Gasteiger partial charge >= 0.3 is 0 Å². The zero-order valence-corrected chi connectivity index (χ0v) is 17.3. The zero-order chi connectivity index (χ0) is 19.3. The molecule has 0 saturated carbocycles. The molecule has 1 amide bonds. The van der Waals surface area contributed by atoms with Crippen LogP contribution in [0, 0.1) is 11.3 Å². The highest BCUT2D eigenvalue weighted by molar-refractivity contribution is 5.89. The number of hydrogen-bond acceptors (Lipinski definition) is 4. The van der Waals surface area contributed by atoms with Crippen molar-refractivity contribution in [2.24, 2.45) is 11.3 Å². The van der Waals surface area contributed by atoms with Gasteiger partial charge in [0.1, 0.15) is 11.5 Å². The molecule has 0 bridgehead atoms. The van der Waals surface area contributed by atoms with Crippen molar-refractivity contribution >= 4 is 5.91 Å². The van der Waals surface area contributed by atoms with Crippen molar-refractivity contribution in [2.75, 3.05) is 46.9 Å². The topological polar surface area (TPSA) is 42.0 Å². The fourth-order valence-electron chi connectivity index (χ4n) is 4.84. The van der Waals surface area contributed by atoms with E-state index in [1.54, 1.807) is 14.2 Å². The molecule has 5 heteroatoms. The maximum absolute atomic E-state index is 13.3. The summed E-state index contributed by atoms with van der Waals surface area (Å²) in [6, 6.07) is 0. The van der Waals surface area contributed by atoms with E-state index in [4.69, 9.17) is 9.47 Å². The summed E-state index contributed by atoms with van der Waals surface area (Å²) in [4.78, 5) is 17.8. The first-order valence-electron chi connectivity index (χ1n) is 10.7. The maximum atomic E-state index is 13.3. The number of methoxy groups -OCH3 is 2. The van der Waals surface area contributed by atoms with E-state index in [1.807, 2.05) is 4.90 Å². The van der Waals surface area contributed by atoms with Crippen LogP contribution in [0.4, 0.5) is 0 Å². The van der Waals surface area contributed by atoms with Gasteiger partial charge in [0.05, 0.1) is 25.6 Å². The van der Waals surface area contributed by atoms with Gasteiger partial charge in [-0.05, 0) is 63.9 Å². The number of rotatable bonds is 8. The Morgan fingerprint density at radius 1 is 1.04 bits per heavy atom. The molecule has 2 heterocycles. The number of carbonyl (C=O) groups excluding carboxylic acids is 1. The molecule has 1 aliphatic carbocycles. The van der Waals surface area contributed by atoms with Gasteiger partial charge in [-0.25, -0.2) is 0 Å². The van der Waals surface area contributed by atoms with Gasteiger partial charge in [0, 0.05) is 13.1 Å². The molecule has 0 aromatic carbocycles. The van der Waals surface area contributed by atoms with Gasteiger partial charge in [0.15, 0.2) is 0 Å². The van der Waals surface area contributed by atoms with Crippen LogP contribution < -0.4 is 0 Å². The minimum atomic E-state index is -0.577. The molecule has 0 N–H and O–H groups in total. The van der Waals surface area contributed by atoms with Crippen LogP contribution in [0.3, 0.4) is 0 Å². The summed E-state index contributed by atoms with van der Waals surface area (Å²) >= 11 is 0. The van der Waals surface area contributed by atoms with Crippen molar-refractivity contribution in [3.05, 3.63) is 23.7 Å². The largest absolute Gasteiger partial charge is 0.501 e. The molecule has 2 fully saturated rings. The smallest absolute Gasteiger partial charge is 0.236 e. The van der Waals surface area contributed by atoms with E-state index in [9.17, 15) is 4.79 Å². The summed E-state index contributed by atoms with van der Waals surface area (Å²) in [5.74, 6) is 2.12. The molecule has 0 aromatic rings. The molecule has 0 unspecified atom stereocenters. The second-order valence-electron chi connectivity index (χ2n) is 8.18. The normalized spacial score (nSPS) is 29.1. The molecule has 1 spiro atoms. The Balaban J connectivity index is 1.64. The lowest BCUT2D eigenvalue weighted by atomic mass is 9.77. The molecule has 3 rings (SSSR count). The van der Waals surface area contributed by atoms with Crippen LogP contribution >= 0.6 is 0 Å². The molecule has 0 radical (unpaired) electrons. The van der Waals surface area contributed by atoms with Gasteiger partial charge in [-0.1, -0.05) is 19.8 Å². The summed E-state index contributed by atoms with van der Waals surface area (Å²) in [7, 11) is 3.41. The minimum Gasteiger partial charge on any atom is -0.501 e. The Labute approximate surface area is 164 Å². The van der Waals surface area contributed by atoms with E-state index in [-0.39, 0.29) is 11.8 Å². The van der Waals surface area contributed by atoms with Gasteiger partial charge in [0.2, 0.25) is 5.91 Å². The fourth-order valence-corrected chi connectivity index (χ4v) is 4.84. The average Bonchev–Trinajstić information content (AvgIpc) is 2.99. The van der Waals surface area contributed by atoms with Gasteiger partial charge in [-0.3, -0.25) is 4.79 Å². The van der Waals surface area contributed by atoms with Gasteiger partial charge in [0.25, 0.3) is 0 Å². The van der Waals surface area contributed by atoms with Gasteiger partial charge in [-0.2, -0.15) is 0 Å². The summed E-state index contributed by atoms with van der Waals surface area (Å²) in [6.07, 6.45) is 12.0. The molecule has 0 atom stereocenters. The Morgan fingerprint density at radius 2 is 1.70 bits per heavy atom. The third-order valence-corrected chi connectivity index (χ3v) is 6.37. The zero-order valence-electron chi connectivity index (χ0n) is 17.3. The van der Waals surface area contributed by atoms with Crippen LogP contribution in [-0.4, -0.2) is 62.7 Å². The molecule has 3 aliphatic rings. The van der Waals surface area contributed by atoms with Crippen LogP contribution in [0.5, 0.6) is 0 Å². The van der Waals surface area contributed by atoms with E-state index in [1.165, 1.54) is 32.4 Å². The molecular formula is C22H36N2O3. The molecule has 5 nitrogen and oxygen atoms in total. The third kappa shape index (κ3) is 4.34. The first-order chi connectivity index (χ1) is 13.1. The standard InChI is InChI=1S/C22H36N2O3/c1-4-9-18-19(26-2)16-22(17-20(18)27-3)10-15-24(21(22)25)14-8-13-23-11-6-5-7-12-23/h16-18H,4-15H2,1-3H3. The van der Waals surface area contributed by atoms with E-state index in [2.05, 4.69) is 24.0 Å². The Kier molecular flexibility index (Phi) is 6.85. The summed E-state index contributed by atoms with van der Waals surface area (Å²) in [6.45, 7) is 7.37. The molecular weight excluding hydrogens is 340 g/mol. The van der Waals surface area contributed by atoms with E-state index < -0.39 is 5.41 Å². The summed E-state index contributed by atoms with van der Waals surface area (Å²) < 4.78 is 11.4. The molecule has 0 aromatic heterocycles. The highest BCUT2D eigenvalue weighted by Crippen LogP contribution is 2.44. The molecule has 27 heavy (non-hydrogen) atoms. The predicted octanol–water partition coefficient (Wildman–Crippen LogP) is 3.57. The van der Waals surface area contributed by atoms with Crippen LogP contribution in [0.15, 0.2) is 23.7 Å². The maximum Gasteiger partial charge on any atom is 0.236 e. The first kappa shape index (κ1) is 20.2. The van der Waals surface area contributed by atoms with E-state index in [0.717, 1.165) is 56.8 Å². The molecule has 152 valence electrons. The van der Waals surface area contributed by atoms with Crippen LogP contribution in [0.1, 0.15) is 51.9 Å². The predicted molar refractivity (Wildman–Crippen MR) is 107 cm³/mol. The average molecular weight is 377 g/mol. The number of amides is 1. The lowest BCUT2D eigenvalue weighted by Gasteiger charge is -2.32. The van der Waals surface area contributed by atoms with Crippen molar-refractivity contribution < 1.29 is 14.3 Å². The van der Waals surface area contributed by atoms with Crippen molar-refractivity contribution in [3.8, 4) is 0 Å². The summed E-state index contributed by atoms with van der Waals surface area (Å²) in [5.41, 5.74) is -0.577. The van der Waals surface area contributed by atoms with Gasteiger partial charge in [-0.15, -0.1) is 0 Å². The number of hydrogen-bond donors (Lipinski definition) is 0. The second-order valence-corrected chi connectivity index (χ2v) is 8.18. The summed E-state index contributed by atoms with van der Waals surface area (Å²) in [5, 5.41) is 0. The lowest BCUT2D eigenvalue weighted by molar-refractivity contribution is -0.132. The fraction of sp³-hybridized carbons (Fsp3) is 0.773. The Morgan fingerprint density at radius 3 is 2.30 bits per heavy atom. The van der Waals surface area contributed by atoms with E-state index in [0.29, 0.717) is 0 Å². The quantitative estimate of drug-likeness (QED) is 0.649. The highest BCUT2D eigenvalue weighted by atomic mass is 16.5. The van der Waals surface area contributed by atoms with Crippen molar-refractivity contribution in [1.29, 1.82) is 0 Å². The van der Waals surface area contributed by atoms with E-state index >= 15 is 0 Å². The number of nitrogens with zero attached hydrogens (tertiary/aromatic N) is 2. The number of likely N-dealkylation sites (tertiary alicyclic amines) is 2. The number of piperidine rings is 1. The van der Waals surface area contributed by atoms with Crippen molar-refractivity contribution in [1.82, 2.24) is 9.80 Å².